The van der Waals surface area contributed by atoms with E-state index >= 15 is 0 Å². The molecule has 1 unspecified atom stereocenters. The van der Waals surface area contributed by atoms with Crippen LogP contribution in [0, 0.1) is 0 Å². The molecule has 114 valence electrons. The monoisotopic (exact) mass is 304 g/mol. The van der Waals surface area contributed by atoms with Crippen molar-refractivity contribution in [2.24, 2.45) is 0 Å². The number of carbonyl (C=O) groups excluding carboxylic acids is 2. The smallest absolute Gasteiger partial charge is 0.416 e. The molecule has 0 spiro atoms. The van der Waals surface area contributed by atoms with Gasteiger partial charge in [0.2, 0.25) is 0 Å². The van der Waals surface area contributed by atoms with Crippen LogP contribution in [-0.2, 0) is 30.0 Å². The fourth-order valence-corrected chi connectivity index (χ4v) is 2.00. The van der Waals surface area contributed by atoms with E-state index in [1.807, 2.05) is 0 Å². The summed E-state index contributed by atoms with van der Waals surface area (Å²) in [5.41, 5.74) is -2.53. The van der Waals surface area contributed by atoms with Gasteiger partial charge in [-0.2, -0.15) is 13.2 Å². The van der Waals surface area contributed by atoms with E-state index in [9.17, 15) is 22.8 Å². The van der Waals surface area contributed by atoms with Gasteiger partial charge in [-0.05, 0) is 17.7 Å². The molecule has 5 nitrogen and oxygen atoms in total. The molecule has 1 atom stereocenters. The molecule has 0 aliphatic carbocycles. The number of ether oxygens (including phenoxy) is 3. The topological polar surface area (TPSA) is 65.1 Å². The molecule has 8 heteroatoms. The summed E-state index contributed by atoms with van der Waals surface area (Å²) in [5, 5.41) is 0. The SMILES string of the molecule is COC(=O)C1(C(=O)OC)OC1c1ccc(C(F)(F)F)cc1. The quantitative estimate of drug-likeness (QED) is 0.484. The molecule has 0 saturated carbocycles. The summed E-state index contributed by atoms with van der Waals surface area (Å²) in [6.45, 7) is 0. The number of carbonyl (C=O) groups is 2. The second-order valence-corrected chi connectivity index (χ2v) is 4.34. The van der Waals surface area contributed by atoms with Crippen LogP contribution >= 0.6 is 0 Å². The van der Waals surface area contributed by atoms with Gasteiger partial charge in [0.1, 0.15) is 6.10 Å². The van der Waals surface area contributed by atoms with Crippen molar-refractivity contribution >= 4 is 11.9 Å². The van der Waals surface area contributed by atoms with Gasteiger partial charge in [-0.15, -0.1) is 0 Å². The van der Waals surface area contributed by atoms with Crippen molar-refractivity contribution in [1.29, 1.82) is 0 Å². The predicted molar refractivity (Wildman–Crippen MR) is 62.0 cm³/mol. The van der Waals surface area contributed by atoms with Crippen LogP contribution in [-0.4, -0.2) is 31.8 Å². The summed E-state index contributed by atoms with van der Waals surface area (Å²) >= 11 is 0. The average molecular weight is 304 g/mol. The lowest BCUT2D eigenvalue weighted by Crippen LogP contribution is -2.37. The van der Waals surface area contributed by atoms with E-state index in [0.717, 1.165) is 38.5 Å². The van der Waals surface area contributed by atoms with Crippen LogP contribution in [0.4, 0.5) is 13.2 Å². The first-order valence-corrected chi connectivity index (χ1v) is 5.79. The van der Waals surface area contributed by atoms with Gasteiger partial charge >= 0.3 is 18.1 Å². The van der Waals surface area contributed by atoms with Crippen LogP contribution in [0.3, 0.4) is 0 Å². The largest absolute Gasteiger partial charge is 0.466 e. The van der Waals surface area contributed by atoms with Crippen molar-refractivity contribution < 1.29 is 37.0 Å². The standard InChI is InChI=1S/C13H11F3O5/c1-19-10(17)12(11(18)20-2)9(21-12)7-3-5-8(6-4-7)13(14,15)16/h3-6,9H,1-2H3. The minimum absolute atomic E-state index is 0.249. The van der Waals surface area contributed by atoms with Crippen molar-refractivity contribution in [3.63, 3.8) is 0 Å². The van der Waals surface area contributed by atoms with Gasteiger partial charge in [0, 0.05) is 0 Å². The van der Waals surface area contributed by atoms with Crippen LogP contribution in [0.25, 0.3) is 0 Å². The third-order valence-electron chi connectivity index (χ3n) is 3.13. The Morgan fingerprint density at radius 3 is 1.95 bits per heavy atom. The molecule has 1 fully saturated rings. The zero-order valence-electron chi connectivity index (χ0n) is 11.1. The van der Waals surface area contributed by atoms with Gasteiger partial charge in [-0.3, -0.25) is 0 Å². The number of epoxide rings is 1. The van der Waals surface area contributed by atoms with E-state index in [1.54, 1.807) is 0 Å². The number of hydrogen-bond acceptors (Lipinski definition) is 5. The zero-order chi connectivity index (χ0) is 15.8. The first kappa shape index (κ1) is 15.3. The highest BCUT2D eigenvalue weighted by Gasteiger charge is 2.71. The van der Waals surface area contributed by atoms with E-state index < -0.39 is 35.4 Å². The summed E-state index contributed by atoms with van der Waals surface area (Å²) in [7, 11) is 2.14. The van der Waals surface area contributed by atoms with Crippen LogP contribution in [0.5, 0.6) is 0 Å². The summed E-state index contributed by atoms with van der Waals surface area (Å²) < 4.78 is 51.5. The lowest BCUT2D eigenvalue weighted by molar-refractivity contribution is -0.160. The maximum atomic E-state index is 12.5. The molecule has 2 rings (SSSR count). The van der Waals surface area contributed by atoms with Gasteiger partial charge in [0.05, 0.1) is 19.8 Å². The minimum Gasteiger partial charge on any atom is -0.466 e. The number of alkyl halides is 3. The average Bonchev–Trinajstić information content (AvgIpc) is 3.21. The van der Waals surface area contributed by atoms with Crippen molar-refractivity contribution in [2.75, 3.05) is 14.2 Å². The Bertz CT molecular complexity index is 548. The minimum atomic E-state index is -4.47. The highest BCUT2D eigenvalue weighted by molar-refractivity contribution is 6.07. The zero-order valence-corrected chi connectivity index (χ0v) is 11.1. The Morgan fingerprint density at radius 1 is 1.10 bits per heavy atom. The van der Waals surface area contributed by atoms with Gasteiger partial charge in [0.25, 0.3) is 5.60 Å². The number of hydrogen-bond donors (Lipinski definition) is 0. The molecule has 0 amide bonds. The van der Waals surface area contributed by atoms with Crippen molar-refractivity contribution in [3.05, 3.63) is 35.4 Å². The maximum absolute atomic E-state index is 12.5. The predicted octanol–water partition coefficient (Wildman–Crippen LogP) is 1.86. The van der Waals surface area contributed by atoms with E-state index in [2.05, 4.69) is 9.47 Å². The molecular weight excluding hydrogens is 293 g/mol. The van der Waals surface area contributed by atoms with E-state index in [1.165, 1.54) is 0 Å². The second-order valence-electron chi connectivity index (χ2n) is 4.34. The first-order chi connectivity index (χ1) is 9.77. The fraction of sp³-hybridized carbons (Fsp3) is 0.385. The number of rotatable bonds is 3. The summed E-state index contributed by atoms with van der Waals surface area (Å²) in [5.74, 6) is -1.92. The highest BCUT2D eigenvalue weighted by atomic mass is 19.4. The molecule has 0 N–H and O–H groups in total. The van der Waals surface area contributed by atoms with Crippen molar-refractivity contribution in [2.45, 2.75) is 17.9 Å². The molecule has 1 heterocycles. The number of esters is 2. The molecule has 1 aliphatic rings. The Morgan fingerprint density at radius 2 is 1.57 bits per heavy atom. The van der Waals surface area contributed by atoms with Gasteiger partial charge < -0.3 is 14.2 Å². The van der Waals surface area contributed by atoms with Gasteiger partial charge in [0.15, 0.2) is 0 Å². The van der Waals surface area contributed by atoms with Crippen LogP contribution < -0.4 is 0 Å². The highest BCUT2D eigenvalue weighted by Crippen LogP contribution is 2.51. The van der Waals surface area contributed by atoms with Gasteiger partial charge in [-0.1, -0.05) is 12.1 Å². The second kappa shape index (κ2) is 5.03. The molecule has 0 bridgehead atoms. The maximum Gasteiger partial charge on any atom is 0.416 e. The molecule has 1 saturated heterocycles. The molecule has 0 aromatic heterocycles. The Labute approximate surface area is 117 Å². The Hall–Kier alpha value is -2.09. The molecule has 0 radical (unpaired) electrons. The van der Waals surface area contributed by atoms with E-state index in [-0.39, 0.29) is 5.56 Å². The molecular formula is C13H11F3O5. The summed E-state index contributed by atoms with van der Waals surface area (Å²) in [6.07, 6.45) is -5.50. The Balaban J connectivity index is 2.28. The lowest BCUT2D eigenvalue weighted by atomic mass is 9.98. The number of halogens is 3. The molecule has 21 heavy (non-hydrogen) atoms. The molecule has 1 aromatic rings. The van der Waals surface area contributed by atoms with Crippen LogP contribution in [0.15, 0.2) is 24.3 Å². The third-order valence-corrected chi connectivity index (χ3v) is 3.13. The summed E-state index contributed by atoms with van der Waals surface area (Å²) in [6, 6.07) is 3.97. The first-order valence-electron chi connectivity index (χ1n) is 5.79. The van der Waals surface area contributed by atoms with E-state index in [4.69, 9.17) is 4.74 Å². The fourth-order valence-electron chi connectivity index (χ4n) is 2.00. The molecule has 1 aliphatic heterocycles. The van der Waals surface area contributed by atoms with Crippen molar-refractivity contribution in [3.8, 4) is 0 Å². The van der Waals surface area contributed by atoms with E-state index in [0.29, 0.717) is 0 Å². The normalized spacial score (nSPS) is 19.8. The van der Waals surface area contributed by atoms with Crippen LogP contribution in [0.2, 0.25) is 0 Å². The third kappa shape index (κ3) is 2.46. The van der Waals surface area contributed by atoms with Gasteiger partial charge in [-0.25, -0.2) is 9.59 Å². The number of methoxy groups -OCH3 is 2. The van der Waals surface area contributed by atoms with Crippen LogP contribution in [0.1, 0.15) is 17.2 Å². The number of benzene rings is 1. The lowest BCUT2D eigenvalue weighted by Gasteiger charge is -2.09. The Kier molecular flexibility index (Phi) is 3.66. The summed E-state index contributed by atoms with van der Waals surface area (Å²) in [4.78, 5) is 23.4. The van der Waals surface area contributed by atoms with Crippen molar-refractivity contribution in [1.82, 2.24) is 0 Å². The molecule has 1 aromatic carbocycles.